The zero-order chi connectivity index (χ0) is 17.5. The Kier molecular flexibility index (Phi) is 6.52. The topological polar surface area (TPSA) is 12.5 Å². The zero-order valence-corrected chi connectivity index (χ0v) is 15.8. The summed E-state index contributed by atoms with van der Waals surface area (Å²) in [5, 5.41) is 0.753. The number of rotatable bonds is 6. The van der Waals surface area contributed by atoms with Crippen LogP contribution in [0.15, 0.2) is 54.6 Å². The summed E-state index contributed by atoms with van der Waals surface area (Å²) in [6, 6.07) is 18.5. The number of halogens is 1. The van der Waals surface area contributed by atoms with Crippen LogP contribution in [-0.2, 0) is 10.3 Å². The zero-order valence-electron chi connectivity index (χ0n) is 15.1. The van der Waals surface area contributed by atoms with Crippen molar-refractivity contribution in [3.63, 3.8) is 0 Å². The molecule has 0 aromatic heterocycles. The number of hydrogen-bond donors (Lipinski definition) is 0. The number of benzene rings is 2. The van der Waals surface area contributed by atoms with Crippen LogP contribution in [0.1, 0.15) is 43.7 Å². The van der Waals surface area contributed by atoms with Crippen molar-refractivity contribution in [1.29, 1.82) is 0 Å². The molecule has 0 aliphatic carbocycles. The second kappa shape index (κ2) is 8.84. The Balaban J connectivity index is 1.73. The Bertz CT molecular complexity index is 635. The third-order valence-electron chi connectivity index (χ3n) is 5.22. The van der Waals surface area contributed by atoms with Crippen LogP contribution < -0.4 is 0 Å². The Labute approximate surface area is 156 Å². The van der Waals surface area contributed by atoms with Gasteiger partial charge in [-0.1, -0.05) is 66.9 Å². The highest BCUT2D eigenvalue weighted by atomic mass is 35.5. The molecule has 1 fully saturated rings. The van der Waals surface area contributed by atoms with Crippen molar-refractivity contribution < 1.29 is 4.74 Å². The van der Waals surface area contributed by atoms with E-state index in [1.54, 1.807) is 0 Å². The predicted molar refractivity (Wildman–Crippen MR) is 105 cm³/mol. The van der Waals surface area contributed by atoms with Gasteiger partial charge >= 0.3 is 0 Å². The fraction of sp³-hybridized carbons (Fsp3) is 0.455. The molecule has 25 heavy (non-hydrogen) atoms. The molecular weight excluding hydrogens is 330 g/mol. The number of likely N-dealkylation sites (tertiary alicyclic amines) is 1. The van der Waals surface area contributed by atoms with Gasteiger partial charge in [0, 0.05) is 11.6 Å². The van der Waals surface area contributed by atoms with E-state index in [1.807, 2.05) is 18.2 Å². The molecule has 1 heterocycles. The molecule has 0 saturated carbocycles. The Hall–Kier alpha value is -1.35. The third-order valence-corrected chi connectivity index (χ3v) is 5.47. The van der Waals surface area contributed by atoms with Gasteiger partial charge < -0.3 is 9.64 Å². The fourth-order valence-corrected chi connectivity index (χ4v) is 3.72. The largest absolute Gasteiger partial charge is 0.365 e. The van der Waals surface area contributed by atoms with E-state index in [9.17, 15) is 0 Å². The molecule has 2 aromatic carbocycles. The lowest BCUT2D eigenvalue weighted by molar-refractivity contribution is -0.0141. The fourth-order valence-electron chi connectivity index (χ4n) is 3.60. The highest BCUT2D eigenvalue weighted by molar-refractivity contribution is 6.30. The van der Waals surface area contributed by atoms with Crippen LogP contribution in [0.4, 0.5) is 0 Å². The molecule has 0 radical (unpaired) electrons. The molecule has 0 bridgehead atoms. The molecule has 1 saturated heterocycles. The predicted octanol–water partition coefficient (Wildman–Crippen LogP) is 5.50. The molecule has 3 heteroatoms. The van der Waals surface area contributed by atoms with Crippen LogP contribution in [0.25, 0.3) is 0 Å². The second-order valence-corrected chi connectivity index (χ2v) is 7.45. The van der Waals surface area contributed by atoms with Gasteiger partial charge in [-0.3, -0.25) is 0 Å². The van der Waals surface area contributed by atoms with Crippen molar-refractivity contribution >= 4 is 11.6 Å². The first kappa shape index (κ1) is 18.4. The molecule has 1 atom stereocenters. The smallest absolute Gasteiger partial charge is 0.115 e. The first-order chi connectivity index (χ1) is 12.2. The van der Waals surface area contributed by atoms with E-state index < -0.39 is 5.60 Å². The quantitative estimate of drug-likeness (QED) is 0.677. The third kappa shape index (κ3) is 4.84. The van der Waals surface area contributed by atoms with Crippen LogP contribution in [-0.4, -0.2) is 31.1 Å². The summed E-state index contributed by atoms with van der Waals surface area (Å²) in [4.78, 5) is 2.54. The minimum atomic E-state index is -0.461. The molecule has 0 N–H and O–H groups in total. The van der Waals surface area contributed by atoms with Crippen LogP contribution in [0.2, 0.25) is 5.02 Å². The Morgan fingerprint density at radius 1 is 0.880 bits per heavy atom. The van der Waals surface area contributed by atoms with Gasteiger partial charge in [-0.05, 0) is 56.1 Å². The molecule has 0 spiro atoms. The summed E-state index contributed by atoms with van der Waals surface area (Å²) >= 11 is 6.08. The highest BCUT2D eigenvalue weighted by Gasteiger charge is 2.30. The number of nitrogens with zero attached hydrogens (tertiary/aromatic N) is 1. The van der Waals surface area contributed by atoms with Crippen molar-refractivity contribution in [1.82, 2.24) is 4.90 Å². The van der Waals surface area contributed by atoms with Gasteiger partial charge in [0.25, 0.3) is 0 Å². The summed E-state index contributed by atoms with van der Waals surface area (Å²) in [5.74, 6) is 0. The van der Waals surface area contributed by atoms with E-state index in [4.69, 9.17) is 16.3 Å². The monoisotopic (exact) mass is 357 g/mol. The molecule has 2 nitrogen and oxygen atoms in total. The van der Waals surface area contributed by atoms with Crippen LogP contribution >= 0.6 is 11.6 Å². The van der Waals surface area contributed by atoms with E-state index >= 15 is 0 Å². The van der Waals surface area contributed by atoms with Gasteiger partial charge in [0.15, 0.2) is 0 Å². The summed E-state index contributed by atoms with van der Waals surface area (Å²) in [6.45, 7) is 6.29. The van der Waals surface area contributed by atoms with E-state index in [-0.39, 0.29) is 0 Å². The molecular formula is C22H28ClNO. The van der Waals surface area contributed by atoms with Gasteiger partial charge in [-0.2, -0.15) is 0 Å². The summed E-state index contributed by atoms with van der Waals surface area (Å²) in [7, 11) is 0. The molecule has 1 aliphatic rings. The number of ether oxygens (including phenoxy) is 1. The second-order valence-electron chi connectivity index (χ2n) is 7.01. The van der Waals surface area contributed by atoms with Gasteiger partial charge in [0.1, 0.15) is 5.60 Å². The van der Waals surface area contributed by atoms with Crippen molar-refractivity contribution in [3.05, 3.63) is 70.7 Å². The maximum absolute atomic E-state index is 6.50. The first-order valence-electron chi connectivity index (χ1n) is 9.36. The van der Waals surface area contributed by atoms with E-state index in [1.165, 1.54) is 44.3 Å². The Morgan fingerprint density at radius 3 is 2.12 bits per heavy atom. The summed E-state index contributed by atoms with van der Waals surface area (Å²) < 4.78 is 6.50. The lowest BCUT2D eigenvalue weighted by Crippen LogP contribution is -2.34. The maximum atomic E-state index is 6.50. The molecule has 3 rings (SSSR count). The average molecular weight is 358 g/mol. The van der Waals surface area contributed by atoms with E-state index in [0.717, 1.165) is 23.7 Å². The molecule has 1 aliphatic heterocycles. The van der Waals surface area contributed by atoms with Crippen LogP contribution in [0.3, 0.4) is 0 Å². The van der Waals surface area contributed by atoms with Crippen molar-refractivity contribution in [2.75, 3.05) is 26.2 Å². The van der Waals surface area contributed by atoms with Crippen molar-refractivity contribution in [2.45, 2.75) is 38.2 Å². The molecule has 134 valence electrons. The van der Waals surface area contributed by atoms with Gasteiger partial charge in [0.2, 0.25) is 0 Å². The van der Waals surface area contributed by atoms with E-state index in [0.29, 0.717) is 0 Å². The minimum absolute atomic E-state index is 0.461. The molecule has 0 unspecified atom stereocenters. The highest BCUT2D eigenvalue weighted by Crippen LogP contribution is 2.34. The standard InChI is InChI=1S/C22H28ClNO/c1-22(19-9-5-4-6-10-19,20-11-13-21(23)14-12-20)25-18-17-24-15-7-2-3-8-16-24/h4-6,9-14H,2-3,7-8,15-18H2,1H3/t22-/m0/s1. The SMILES string of the molecule is C[C@](OCCN1CCCCCC1)(c1ccccc1)c1ccc(Cl)cc1. The van der Waals surface area contributed by atoms with Crippen LogP contribution in [0.5, 0.6) is 0 Å². The average Bonchev–Trinajstić information content (AvgIpc) is 2.92. The lowest BCUT2D eigenvalue weighted by atomic mass is 9.88. The van der Waals surface area contributed by atoms with Crippen molar-refractivity contribution in [3.8, 4) is 0 Å². The lowest BCUT2D eigenvalue weighted by Gasteiger charge is -2.32. The van der Waals surface area contributed by atoms with E-state index in [2.05, 4.69) is 48.2 Å². The molecule has 0 amide bonds. The normalized spacial score (nSPS) is 18.5. The van der Waals surface area contributed by atoms with Crippen LogP contribution in [0, 0.1) is 0 Å². The molecule has 2 aromatic rings. The maximum Gasteiger partial charge on any atom is 0.115 e. The summed E-state index contributed by atoms with van der Waals surface area (Å²) in [6.07, 6.45) is 5.36. The van der Waals surface area contributed by atoms with Gasteiger partial charge in [-0.15, -0.1) is 0 Å². The number of hydrogen-bond acceptors (Lipinski definition) is 2. The summed E-state index contributed by atoms with van der Waals surface area (Å²) in [5.41, 5.74) is 1.85. The minimum Gasteiger partial charge on any atom is -0.365 e. The first-order valence-corrected chi connectivity index (χ1v) is 9.74. The van der Waals surface area contributed by atoms with Gasteiger partial charge in [-0.25, -0.2) is 0 Å². The van der Waals surface area contributed by atoms with Gasteiger partial charge in [0.05, 0.1) is 6.61 Å². The van der Waals surface area contributed by atoms with Crippen molar-refractivity contribution in [2.24, 2.45) is 0 Å². The Morgan fingerprint density at radius 2 is 1.48 bits per heavy atom.